The van der Waals surface area contributed by atoms with Gasteiger partial charge in [0.15, 0.2) is 0 Å². The number of pyridine rings is 1. The van der Waals surface area contributed by atoms with Gasteiger partial charge in [-0.2, -0.15) is 0 Å². The lowest BCUT2D eigenvalue weighted by atomic mass is 10.0. The van der Waals surface area contributed by atoms with Gasteiger partial charge in [-0.3, -0.25) is 9.78 Å². The number of ether oxygens (including phenoxy) is 1. The van der Waals surface area contributed by atoms with Crippen molar-refractivity contribution >= 4 is 16.8 Å². The van der Waals surface area contributed by atoms with Crippen LogP contribution in [-0.2, 0) is 16.1 Å². The van der Waals surface area contributed by atoms with Crippen LogP contribution in [0.25, 0.3) is 10.9 Å². The van der Waals surface area contributed by atoms with Gasteiger partial charge in [0.1, 0.15) is 0 Å². The zero-order valence-corrected chi connectivity index (χ0v) is 12.3. The number of rotatable bonds is 4. The molecule has 1 amide bonds. The fraction of sp³-hybridized carbons (Fsp3) is 0.412. The van der Waals surface area contributed by atoms with Crippen molar-refractivity contribution in [3.05, 3.63) is 42.1 Å². The molecule has 0 N–H and O–H groups in total. The van der Waals surface area contributed by atoms with Crippen LogP contribution in [0.3, 0.4) is 0 Å². The van der Waals surface area contributed by atoms with Crippen LogP contribution in [0.2, 0.25) is 0 Å². The Morgan fingerprint density at radius 2 is 2.33 bits per heavy atom. The highest BCUT2D eigenvalue weighted by atomic mass is 16.5. The summed E-state index contributed by atoms with van der Waals surface area (Å²) >= 11 is 0. The zero-order chi connectivity index (χ0) is 14.7. The first-order chi connectivity index (χ1) is 10.2. The Bertz CT molecular complexity index is 635. The Kier molecular flexibility index (Phi) is 4.15. The molecule has 0 unspecified atom stereocenters. The van der Waals surface area contributed by atoms with Gasteiger partial charge in [0.2, 0.25) is 5.91 Å². The van der Waals surface area contributed by atoms with Crippen molar-refractivity contribution < 1.29 is 9.53 Å². The molecule has 1 fully saturated rings. The minimum atomic E-state index is 0.191. The lowest BCUT2D eigenvalue weighted by Gasteiger charge is -2.19. The first-order valence-electron chi connectivity index (χ1n) is 7.38. The fourth-order valence-corrected chi connectivity index (χ4v) is 2.73. The van der Waals surface area contributed by atoms with Gasteiger partial charge in [-0.05, 0) is 36.1 Å². The molecule has 1 aromatic carbocycles. The van der Waals surface area contributed by atoms with Gasteiger partial charge < -0.3 is 9.64 Å². The predicted molar refractivity (Wildman–Crippen MR) is 81.8 cm³/mol. The third-order valence-corrected chi connectivity index (χ3v) is 4.00. The molecule has 1 aliphatic rings. The van der Waals surface area contributed by atoms with Gasteiger partial charge >= 0.3 is 0 Å². The highest BCUT2D eigenvalue weighted by Crippen LogP contribution is 2.19. The fourth-order valence-electron chi connectivity index (χ4n) is 2.73. The van der Waals surface area contributed by atoms with E-state index in [9.17, 15) is 4.79 Å². The van der Waals surface area contributed by atoms with Crippen LogP contribution in [-0.4, -0.2) is 36.1 Å². The maximum atomic E-state index is 12.2. The molecule has 0 bridgehead atoms. The van der Waals surface area contributed by atoms with E-state index in [1.54, 1.807) is 11.1 Å². The van der Waals surface area contributed by atoms with Gasteiger partial charge in [-0.25, -0.2) is 0 Å². The van der Waals surface area contributed by atoms with Crippen LogP contribution in [0.5, 0.6) is 0 Å². The zero-order valence-electron chi connectivity index (χ0n) is 12.3. The standard InChI is InChI=1S/C17H20N2O2/c1-19(17(20)10-14-6-8-21-12-14)11-13-4-5-16-15(9-13)3-2-7-18-16/h2-5,7,9,14H,6,8,10-12H2,1H3/t14-/m1/s1. The first kappa shape index (κ1) is 14.0. The number of hydrogen-bond donors (Lipinski definition) is 0. The summed E-state index contributed by atoms with van der Waals surface area (Å²) in [5, 5.41) is 1.11. The number of nitrogens with zero attached hydrogens (tertiary/aromatic N) is 2. The van der Waals surface area contributed by atoms with E-state index in [4.69, 9.17) is 4.74 Å². The normalized spacial score (nSPS) is 18.0. The highest BCUT2D eigenvalue weighted by Gasteiger charge is 2.21. The summed E-state index contributed by atoms with van der Waals surface area (Å²) in [7, 11) is 1.87. The van der Waals surface area contributed by atoms with Crippen LogP contribution < -0.4 is 0 Å². The molecule has 1 atom stereocenters. The summed E-state index contributed by atoms with van der Waals surface area (Å²) in [5.74, 6) is 0.581. The van der Waals surface area contributed by atoms with E-state index in [-0.39, 0.29) is 5.91 Å². The van der Waals surface area contributed by atoms with Crippen molar-refractivity contribution in [2.45, 2.75) is 19.4 Å². The van der Waals surface area contributed by atoms with Gasteiger partial charge in [0.05, 0.1) is 5.52 Å². The second kappa shape index (κ2) is 6.22. The van der Waals surface area contributed by atoms with Crippen molar-refractivity contribution in [2.24, 2.45) is 5.92 Å². The minimum absolute atomic E-state index is 0.191. The van der Waals surface area contributed by atoms with Crippen molar-refractivity contribution in [1.29, 1.82) is 0 Å². The topological polar surface area (TPSA) is 42.4 Å². The summed E-state index contributed by atoms with van der Waals surface area (Å²) in [6.45, 7) is 2.15. The quantitative estimate of drug-likeness (QED) is 0.866. The second-order valence-electron chi connectivity index (χ2n) is 5.71. The van der Waals surface area contributed by atoms with E-state index in [0.717, 1.165) is 36.1 Å². The van der Waals surface area contributed by atoms with E-state index in [1.165, 1.54) is 0 Å². The van der Waals surface area contributed by atoms with Gasteiger partial charge in [0.25, 0.3) is 0 Å². The number of fused-ring (bicyclic) bond motifs is 1. The molecule has 0 saturated carbocycles. The number of aromatic nitrogens is 1. The average molecular weight is 284 g/mol. The average Bonchev–Trinajstić information content (AvgIpc) is 3.00. The van der Waals surface area contributed by atoms with Crippen LogP contribution in [0, 0.1) is 5.92 Å². The molecular weight excluding hydrogens is 264 g/mol. The van der Waals surface area contributed by atoms with Gasteiger partial charge in [0, 0.05) is 44.8 Å². The molecule has 1 aliphatic heterocycles. The van der Waals surface area contributed by atoms with Crippen LogP contribution >= 0.6 is 0 Å². The lowest BCUT2D eigenvalue weighted by molar-refractivity contribution is -0.131. The molecule has 2 aromatic rings. The lowest BCUT2D eigenvalue weighted by Crippen LogP contribution is -2.28. The highest BCUT2D eigenvalue weighted by molar-refractivity contribution is 5.79. The molecule has 1 saturated heterocycles. The Hall–Kier alpha value is -1.94. The number of benzene rings is 1. The van der Waals surface area contributed by atoms with E-state index in [1.807, 2.05) is 31.3 Å². The molecule has 3 rings (SSSR count). The number of amides is 1. The molecule has 4 nitrogen and oxygen atoms in total. The molecule has 0 aliphatic carbocycles. The van der Waals surface area contributed by atoms with Crippen LogP contribution in [0.15, 0.2) is 36.5 Å². The molecule has 0 spiro atoms. The number of hydrogen-bond acceptors (Lipinski definition) is 3. The van der Waals surface area contributed by atoms with E-state index >= 15 is 0 Å². The molecule has 2 heterocycles. The van der Waals surface area contributed by atoms with E-state index < -0.39 is 0 Å². The summed E-state index contributed by atoms with van der Waals surface area (Å²) in [5.41, 5.74) is 2.12. The Balaban J connectivity index is 1.64. The Labute approximate surface area is 124 Å². The summed E-state index contributed by atoms with van der Waals surface area (Å²) in [6, 6.07) is 10.1. The summed E-state index contributed by atoms with van der Waals surface area (Å²) < 4.78 is 5.33. The van der Waals surface area contributed by atoms with Crippen molar-refractivity contribution in [1.82, 2.24) is 9.88 Å². The Morgan fingerprint density at radius 3 is 3.14 bits per heavy atom. The second-order valence-corrected chi connectivity index (χ2v) is 5.71. The smallest absolute Gasteiger partial charge is 0.222 e. The van der Waals surface area contributed by atoms with Gasteiger partial charge in [-0.15, -0.1) is 0 Å². The molecule has 21 heavy (non-hydrogen) atoms. The largest absolute Gasteiger partial charge is 0.381 e. The van der Waals surface area contributed by atoms with Crippen LogP contribution in [0.4, 0.5) is 0 Å². The Morgan fingerprint density at radius 1 is 1.43 bits per heavy atom. The molecule has 110 valence electrons. The van der Waals surface area contributed by atoms with Crippen molar-refractivity contribution in [3.63, 3.8) is 0 Å². The third kappa shape index (κ3) is 3.39. The predicted octanol–water partition coefficient (Wildman–Crippen LogP) is 2.62. The van der Waals surface area contributed by atoms with Crippen LogP contribution in [0.1, 0.15) is 18.4 Å². The third-order valence-electron chi connectivity index (χ3n) is 4.00. The molecule has 1 aromatic heterocycles. The maximum Gasteiger partial charge on any atom is 0.222 e. The molecule has 4 heteroatoms. The maximum absolute atomic E-state index is 12.2. The monoisotopic (exact) mass is 284 g/mol. The number of carbonyl (C=O) groups is 1. The minimum Gasteiger partial charge on any atom is -0.381 e. The summed E-state index contributed by atoms with van der Waals surface area (Å²) in [4.78, 5) is 18.3. The van der Waals surface area contributed by atoms with E-state index in [2.05, 4.69) is 11.1 Å². The molecular formula is C17H20N2O2. The van der Waals surface area contributed by atoms with Gasteiger partial charge in [-0.1, -0.05) is 12.1 Å². The van der Waals surface area contributed by atoms with E-state index in [0.29, 0.717) is 18.9 Å². The SMILES string of the molecule is CN(Cc1ccc2ncccc2c1)C(=O)C[C@H]1CCOC1. The summed E-state index contributed by atoms with van der Waals surface area (Å²) in [6.07, 6.45) is 3.38. The van der Waals surface area contributed by atoms with Crippen molar-refractivity contribution in [3.8, 4) is 0 Å². The molecule has 0 radical (unpaired) electrons. The first-order valence-corrected chi connectivity index (χ1v) is 7.38. The number of carbonyl (C=O) groups excluding carboxylic acids is 1. The van der Waals surface area contributed by atoms with Crippen molar-refractivity contribution in [2.75, 3.05) is 20.3 Å².